The predicted molar refractivity (Wildman–Crippen MR) is 160 cm³/mol. The largest absolute Gasteiger partial charge is 0.466 e. The summed E-state index contributed by atoms with van der Waals surface area (Å²) < 4.78 is 20.5. The molecule has 0 bridgehead atoms. The Hall–Kier alpha value is -2.68. The molecule has 210 valence electrons. The zero-order valence-electron chi connectivity index (χ0n) is 22.0. The number of fused-ring (bicyclic) bond motifs is 3. The highest BCUT2D eigenvalue weighted by Gasteiger charge is 2.02. The molecule has 8 nitrogen and oxygen atoms in total. The Morgan fingerprint density at radius 3 is 0.872 bits per heavy atom. The van der Waals surface area contributed by atoms with Crippen LogP contribution in [0.2, 0.25) is 0 Å². The highest BCUT2D eigenvalue weighted by atomic mass is 32.1. The Morgan fingerprint density at radius 1 is 0.436 bits per heavy atom. The van der Waals surface area contributed by atoms with Gasteiger partial charge in [0.1, 0.15) is 0 Å². The average Bonchev–Trinajstić information content (AvgIpc) is 3.20. The van der Waals surface area contributed by atoms with Crippen LogP contribution in [0.4, 0.5) is 0 Å². The average molecular weight is 593 g/mol. The fraction of sp³-hybridized carbons (Fsp3) is 0.143. The van der Waals surface area contributed by atoms with Crippen LogP contribution in [0.5, 0.6) is 0 Å². The van der Waals surface area contributed by atoms with E-state index >= 15 is 0 Å². The molecule has 0 aliphatic carbocycles. The number of hydrogen-bond acceptors (Lipinski definition) is 3. The van der Waals surface area contributed by atoms with Gasteiger partial charge in [-0.05, 0) is 39.8 Å². The molecule has 1 heterocycles. The van der Waals surface area contributed by atoms with E-state index in [1.807, 2.05) is 11.3 Å². The number of rotatable bonds is 0. The summed E-state index contributed by atoms with van der Waals surface area (Å²) in [6.45, 7) is 8.39. The van der Waals surface area contributed by atoms with Crippen LogP contribution in [0.1, 0.15) is 22.3 Å². The molecule has 0 unspecified atom stereocenters. The Morgan fingerprint density at radius 2 is 0.641 bits per heavy atom. The van der Waals surface area contributed by atoms with Crippen molar-refractivity contribution in [3.05, 3.63) is 119 Å². The smallest absolute Gasteiger partial charge is 0.303 e. The van der Waals surface area contributed by atoms with Gasteiger partial charge in [0.05, 0.1) is 0 Å². The zero-order chi connectivity index (χ0) is 29.6. The van der Waals surface area contributed by atoms with Crippen molar-refractivity contribution in [1.29, 1.82) is 0 Å². The molecule has 0 aliphatic rings. The molecule has 6 N–H and O–H groups in total. The van der Waals surface area contributed by atoms with Gasteiger partial charge >= 0.3 is 15.6 Å². The number of benzene rings is 4. The number of aryl methyl sites for hydroxylation is 4. The van der Waals surface area contributed by atoms with Gasteiger partial charge in [0.15, 0.2) is 0 Å². The van der Waals surface area contributed by atoms with E-state index in [2.05, 4.69) is 125 Å². The van der Waals surface area contributed by atoms with Crippen LogP contribution in [0.15, 0.2) is 97.1 Å². The van der Waals surface area contributed by atoms with Crippen molar-refractivity contribution < 1.29 is 38.5 Å². The van der Waals surface area contributed by atoms with Crippen LogP contribution in [0.3, 0.4) is 0 Å². The van der Waals surface area contributed by atoms with Crippen molar-refractivity contribution in [2.24, 2.45) is 0 Å². The second kappa shape index (κ2) is 16.4. The third-order valence-electron chi connectivity index (χ3n) is 4.72. The van der Waals surface area contributed by atoms with E-state index in [0.29, 0.717) is 0 Å². The molecule has 0 amide bonds. The van der Waals surface area contributed by atoms with Crippen LogP contribution in [-0.2, 0) is 9.13 Å². The maximum Gasteiger partial charge on any atom is 0.466 e. The molecule has 39 heavy (non-hydrogen) atoms. The van der Waals surface area contributed by atoms with E-state index in [0.717, 1.165) is 0 Å². The maximum absolute atomic E-state index is 8.88. The zero-order valence-corrected chi connectivity index (χ0v) is 24.6. The van der Waals surface area contributed by atoms with Gasteiger partial charge in [-0.25, -0.2) is 9.13 Å². The molecule has 0 atom stereocenters. The van der Waals surface area contributed by atoms with Crippen molar-refractivity contribution in [2.45, 2.75) is 27.7 Å². The summed E-state index contributed by atoms with van der Waals surface area (Å²) in [6.07, 6.45) is 0. The first-order valence-electron chi connectivity index (χ1n) is 11.5. The van der Waals surface area contributed by atoms with Crippen molar-refractivity contribution >= 4 is 47.2 Å². The van der Waals surface area contributed by atoms with Crippen molar-refractivity contribution in [3.8, 4) is 0 Å². The topological polar surface area (TPSA) is 156 Å². The van der Waals surface area contributed by atoms with Crippen LogP contribution in [0, 0.1) is 27.7 Å². The highest BCUT2D eigenvalue weighted by Crippen LogP contribution is 2.32. The second-order valence-corrected chi connectivity index (χ2v) is 11.6. The molecular weight excluding hydrogens is 558 g/mol. The lowest BCUT2D eigenvalue weighted by Gasteiger charge is -1.90. The molecular formula is C28H34O8P2S. The number of hydrogen-bond donors (Lipinski definition) is 6. The first kappa shape index (κ1) is 34.3. The molecule has 0 aliphatic heterocycles. The molecule has 5 rings (SSSR count). The predicted octanol–water partition coefficient (Wildman–Crippen LogP) is 6.80. The Balaban J connectivity index is 0.000000259. The standard InChI is InChI=1S/C12H8S.2C8H10.2H3O4P/c1-3-7-11-9(5-1)10-6-2-4-8-12(10)13-11;2*1-7-3-5-8(2)6-4-7;2*1-5(2,3)4/h1-8H;2*3-6H,1-2H3;2*(H3,1,2,3,4). The van der Waals surface area contributed by atoms with E-state index in [1.54, 1.807) is 0 Å². The van der Waals surface area contributed by atoms with Gasteiger partial charge in [-0.3, -0.25) is 0 Å². The molecule has 0 spiro atoms. The van der Waals surface area contributed by atoms with Crippen LogP contribution in [0.25, 0.3) is 20.2 Å². The second-order valence-electron chi connectivity index (χ2n) is 8.43. The van der Waals surface area contributed by atoms with Gasteiger partial charge in [0.25, 0.3) is 0 Å². The fourth-order valence-electron chi connectivity index (χ4n) is 2.95. The van der Waals surface area contributed by atoms with Gasteiger partial charge < -0.3 is 29.4 Å². The van der Waals surface area contributed by atoms with E-state index < -0.39 is 15.6 Å². The molecule has 0 fully saturated rings. The van der Waals surface area contributed by atoms with E-state index in [4.69, 9.17) is 38.5 Å². The van der Waals surface area contributed by atoms with Crippen LogP contribution >= 0.6 is 27.0 Å². The summed E-state index contributed by atoms with van der Waals surface area (Å²) in [4.78, 5) is 43.1. The summed E-state index contributed by atoms with van der Waals surface area (Å²) in [6, 6.07) is 34.1. The summed E-state index contributed by atoms with van der Waals surface area (Å²) >= 11 is 1.86. The lowest BCUT2D eigenvalue weighted by molar-refractivity contribution is 0.272. The molecule has 0 saturated heterocycles. The van der Waals surface area contributed by atoms with Gasteiger partial charge in [0, 0.05) is 20.2 Å². The summed E-state index contributed by atoms with van der Waals surface area (Å²) in [5.74, 6) is 0. The van der Waals surface area contributed by atoms with Crippen LogP contribution < -0.4 is 0 Å². The molecule has 4 aromatic carbocycles. The SMILES string of the molecule is Cc1ccc(C)cc1.Cc1ccc(C)cc1.O=P(O)(O)O.O=P(O)(O)O.c1ccc2c(c1)sc1ccccc12. The molecule has 5 aromatic rings. The van der Waals surface area contributed by atoms with Crippen molar-refractivity contribution in [3.63, 3.8) is 0 Å². The molecule has 0 saturated carbocycles. The number of thiophene rings is 1. The molecule has 11 heteroatoms. The Bertz CT molecular complexity index is 1330. The minimum atomic E-state index is -4.64. The third-order valence-corrected chi connectivity index (χ3v) is 5.87. The van der Waals surface area contributed by atoms with Gasteiger partial charge in [0.2, 0.25) is 0 Å². The van der Waals surface area contributed by atoms with Gasteiger partial charge in [-0.2, -0.15) is 0 Å². The first-order valence-corrected chi connectivity index (χ1v) is 15.5. The van der Waals surface area contributed by atoms with E-state index in [9.17, 15) is 0 Å². The Kier molecular flexibility index (Phi) is 14.5. The van der Waals surface area contributed by atoms with Crippen molar-refractivity contribution in [2.75, 3.05) is 0 Å². The highest BCUT2D eigenvalue weighted by molar-refractivity contribution is 7.45. The Labute approximate surface area is 232 Å². The normalized spacial score (nSPS) is 10.5. The minimum absolute atomic E-state index is 1.33. The quantitative estimate of drug-likeness (QED) is 0.107. The summed E-state index contributed by atoms with van der Waals surface area (Å²) in [7, 11) is -9.28. The monoisotopic (exact) mass is 592 g/mol. The van der Waals surface area contributed by atoms with Gasteiger partial charge in [-0.1, -0.05) is 107 Å². The number of phosphoric acid groups is 2. The lowest BCUT2D eigenvalue weighted by atomic mass is 10.2. The molecule has 0 radical (unpaired) electrons. The minimum Gasteiger partial charge on any atom is -0.303 e. The lowest BCUT2D eigenvalue weighted by Crippen LogP contribution is -1.70. The maximum atomic E-state index is 8.88. The third kappa shape index (κ3) is 17.5. The van der Waals surface area contributed by atoms with Gasteiger partial charge in [-0.15, -0.1) is 11.3 Å². The summed E-state index contributed by atoms with van der Waals surface area (Å²) in [5.41, 5.74) is 5.32. The molecule has 1 aromatic heterocycles. The van der Waals surface area contributed by atoms with Crippen LogP contribution in [-0.4, -0.2) is 29.4 Å². The van der Waals surface area contributed by atoms with Crippen molar-refractivity contribution in [1.82, 2.24) is 0 Å². The fourth-order valence-corrected chi connectivity index (χ4v) is 4.05. The first-order chi connectivity index (χ1) is 18.0. The summed E-state index contributed by atoms with van der Waals surface area (Å²) in [5, 5.41) is 2.76. The van der Waals surface area contributed by atoms with E-state index in [-0.39, 0.29) is 0 Å². The van der Waals surface area contributed by atoms with E-state index in [1.165, 1.54) is 42.4 Å².